The standard InChI is InChI=1S/C19H21BrN2O3/c1-19(2,12-14-7-9-16(20)10-8-14)13-21-18(23)11-15-5-3-4-6-17(15)22(24)25/h3-10H,11-13H2,1-2H3,(H,21,23). The van der Waals surface area contributed by atoms with Crippen LogP contribution in [0.15, 0.2) is 53.0 Å². The Morgan fingerprint density at radius 2 is 1.80 bits per heavy atom. The molecule has 0 heterocycles. The molecule has 0 saturated carbocycles. The van der Waals surface area contributed by atoms with Gasteiger partial charge in [-0.3, -0.25) is 14.9 Å². The second kappa shape index (κ2) is 8.25. The van der Waals surface area contributed by atoms with E-state index in [-0.39, 0.29) is 23.4 Å². The molecule has 0 aliphatic carbocycles. The Balaban J connectivity index is 1.92. The minimum absolute atomic E-state index is 0.00547. The molecule has 2 aromatic rings. The number of para-hydroxylation sites is 1. The number of hydrogen-bond donors (Lipinski definition) is 1. The SMILES string of the molecule is CC(C)(CNC(=O)Cc1ccccc1[N+](=O)[O-])Cc1ccc(Br)cc1. The molecule has 0 unspecified atom stereocenters. The van der Waals surface area contributed by atoms with Crippen molar-refractivity contribution in [2.45, 2.75) is 26.7 Å². The number of hydrogen-bond acceptors (Lipinski definition) is 3. The lowest BCUT2D eigenvalue weighted by molar-refractivity contribution is -0.385. The Labute approximate surface area is 155 Å². The van der Waals surface area contributed by atoms with Gasteiger partial charge in [-0.2, -0.15) is 0 Å². The molecule has 132 valence electrons. The smallest absolute Gasteiger partial charge is 0.273 e. The number of benzene rings is 2. The fourth-order valence-corrected chi connectivity index (χ4v) is 2.89. The molecule has 0 aromatic heterocycles. The molecule has 1 N–H and O–H groups in total. The highest BCUT2D eigenvalue weighted by Crippen LogP contribution is 2.23. The van der Waals surface area contributed by atoms with E-state index in [1.54, 1.807) is 18.2 Å². The lowest BCUT2D eigenvalue weighted by atomic mass is 9.85. The predicted octanol–water partition coefficient (Wildman–Crippen LogP) is 4.28. The van der Waals surface area contributed by atoms with Crippen molar-refractivity contribution in [3.05, 3.63) is 74.2 Å². The van der Waals surface area contributed by atoms with E-state index < -0.39 is 4.92 Å². The molecule has 5 nitrogen and oxygen atoms in total. The first-order chi connectivity index (χ1) is 11.8. The summed E-state index contributed by atoms with van der Waals surface area (Å²) in [7, 11) is 0. The first-order valence-corrected chi connectivity index (χ1v) is 8.79. The van der Waals surface area contributed by atoms with Gasteiger partial charge in [0, 0.05) is 22.6 Å². The Morgan fingerprint density at radius 1 is 1.16 bits per heavy atom. The van der Waals surface area contributed by atoms with Gasteiger partial charge in [0.15, 0.2) is 0 Å². The van der Waals surface area contributed by atoms with E-state index in [1.165, 1.54) is 11.6 Å². The third-order valence-electron chi connectivity index (χ3n) is 3.90. The van der Waals surface area contributed by atoms with Gasteiger partial charge < -0.3 is 5.32 Å². The highest BCUT2D eigenvalue weighted by Gasteiger charge is 2.21. The number of carbonyl (C=O) groups excluding carboxylic acids is 1. The number of carbonyl (C=O) groups is 1. The number of nitrogens with zero attached hydrogens (tertiary/aromatic N) is 1. The van der Waals surface area contributed by atoms with E-state index in [0.717, 1.165) is 10.9 Å². The lowest BCUT2D eigenvalue weighted by Crippen LogP contribution is -2.36. The van der Waals surface area contributed by atoms with Crippen molar-refractivity contribution in [3.63, 3.8) is 0 Å². The van der Waals surface area contributed by atoms with Crippen LogP contribution in [0.5, 0.6) is 0 Å². The molecule has 0 aliphatic rings. The van der Waals surface area contributed by atoms with E-state index in [0.29, 0.717) is 12.1 Å². The topological polar surface area (TPSA) is 72.2 Å². The zero-order chi connectivity index (χ0) is 18.4. The van der Waals surface area contributed by atoms with Crippen LogP contribution in [0.2, 0.25) is 0 Å². The van der Waals surface area contributed by atoms with Crippen LogP contribution in [-0.2, 0) is 17.6 Å². The van der Waals surface area contributed by atoms with E-state index in [2.05, 4.69) is 47.2 Å². The van der Waals surface area contributed by atoms with Crippen LogP contribution in [0.4, 0.5) is 5.69 Å². The van der Waals surface area contributed by atoms with Crippen LogP contribution in [0.3, 0.4) is 0 Å². The third-order valence-corrected chi connectivity index (χ3v) is 4.43. The van der Waals surface area contributed by atoms with E-state index in [1.807, 2.05) is 12.1 Å². The maximum absolute atomic E-state index is 12.2. The fourth-order valence-electron chi connectivity index (χ4n) is 2.63. The zero-order valence-electron chi connectivity index (χ0n) is 14.3. The van der Waals surface area contributed by atoms with Crippen molar-refractivity contribution in [1.82, 2.24) is 5.32 Å². The van der Waals surface area contributed by atoms with Gasteiger partial charge in [-0.15, -0.1) is 0 Å². The quantitative estimate of drug-likeness (QED) is 0.552. The van der Waals surface area contributed by atoms with Crippen molar-refractivity contribution in [2.24, 2.45) is 5.41 Å². The summed E-state index contributed by atoms with van der Waals surface area (Å²) in [6.45, 7) is 4.67. The number of nitrogens with one attached hydrogen (secondary N) is 1. The molecule has 0 saturated heterocycles. The van der Waals surface area contributed by atoms with Crippen LogP contribution in [0, 0.1) is 15.5 Å². The molecule has 0 aliphatic heterocycles. The zero-order valence-corrected chi connectivity index (χ0v) is 15.9. The maximum Gasteiger partial charge on any atom is 0.273 e. The molecule has 1 amide bonds. The summed E-state index contributed by atoms with van der Waals surface area (Å²) in [6.07, 6.45) is 0.831. The van der Waals surface area contributed by atoms with Crippen molar-refractivity contribution >= 4 is 27.5 Å². The first kappa shape index (κ1) is 19.1. The van der Waals surface area contributed by atoms with Crippen molar-refractivity contribution in [1.29, 1.82) is 0 Å². The molecule has 0 fully saturated rings. The second-order valence-corrected chi connectivity index (χ2v) is 7.72. The highest BCUT2D eigenvalue weighted by atomic mass is 79.9. The second-order valence-electron chi connectivity index (χ2n) is 6.81. The van der Waals surface area contributed by atoms with Gasteiger partial charge >= 0.3 is 0 Å². The largest absolute Gasteiger partial charge is 0.355 e. The van der Waals surface area contributed by atoms with Gasteiger partial charge in [0.1, 0.15) is 0 Å². The molecular formula is C19H21BrN2O3. The molecule has 0 bridgehead atoms. The summed E-state index contributed by atoms with van der Waals surface area (Å²) in [5.74, 6) is -0.210. The summed E-state index contributed by atoms with van der Waals surface area (Å²) in [5, 5.41) is 13.9. The van der Waals surface area contributed by atoms with Gasteiger partial charge in [-0.25, -0.2) is 0 Å². The Kier molecular flexibility index (Phi) is 6.31. The first-order valence-electron chi connectivity index (χ1n) is 8.00. The minimum Gasteiger partial charge on any atom is -0.355 e. The van der Waals surface area contributed by atoms with Crippen LogP contribution < -0.4 is 5.32 Å². The predicted molar refractivity (Wildman–Crippen MR) is 101 cm³/mol. The fraction of sp³-hybridized carbons (Fsp3) is 0.316. The van der Waals surface area contributed by atoms with Crippen LogP contribution in [0.25, 0.3) is 0 Å². The van der Waals surface area contributed by atoms with Crippen molar-refractivity contribution in [3.8, 4) is 0 Å². The van der Waals surface area contributed by atoms with E-state index in [4.69, 9.17) is 0 Å². The summed E-state index contributed by atoms with van der Waals surface area (Å²) in [5.41, 5.74) is 1.48. The summed E-state index contributed by atoms with van der Waals surface area (Å²) in [6, 6.07) is 14.4. The number of halogens is 1. The Morgan fingerprint density at radius 3 is 2.44 bits per heavy atom. The normalized spacial score (nSPS) is 11.2. The molecular weight excluding hydrogens is 384 g/mol. The maximum atomic E-state index is 12.2. The van der Waals surface area contributed by atoms with Gasteiger partial charge in [-0.05, 0) is 29.5 Å². The van der Waals surface area contributed by atoms with E-state index in [9.17, 15) is 14.9 Å². The Bertz CT molecular complexity index is 758. The Hall–Kier alpha value is -2.21. The van der Waals surface area contributed by atoms with Gasteiger partial charge in [0.25, 0.3) is 5.69 Å². The van der Waals surface area contributed by atoms with Crippen molar-refractivity contribution < 1.29 is 9.72 Å². The average Bonchev–Trinajstić information content (AvgIpc) is 2.55. The molecule has 0 atom stereocenters. The van der Waals surface area contributed by atoms with Crippen molar-refractivity contribution in [2.75, 3.05) is 6.54 Å². The average molecular weight is 405 g/mol. The summed E-state index contributed by atoms with van der Waals surface area (Å²) < 4.78 is 1.03. The highest BCUT2D eigenvalue weighted by molar-refractivity contribution is 9.10. The van der Waals surface area contributed by atoms with Gasteiger partial charge in [0.05, 0.1) is 11.3 Å². The minimum atomic E-state index is -0.458. The number of amides is 1. The summed E-state index contributed by atoms with van der Waals surface area (Å²) in [4.78, 5) is 22.8. The molecule has 0 spiro atoms. The van der Waals surface area contributed by atoms with Crippen LogP contribution in [0.1, 0.15) is 25.0 Å². The van der Waals surface area contributed by atoms with Gasteiger partial charge in [-0.1, -0.05) is 60.1 Å². The molecule has 2 aromatic carbocycles. The molecule has 0 radical (unpaired) electrons. The summed E-state index contributed by atoms with van der Waals surface area (Å²) >= 11 is 3.42. The van der Waals surface area contributed by atoms with E-state index >= 15 is 0 Å². The number of rotatable bonds is 7. The third kappa shape index (κ3) is 5.98. The van der Waals surface area contributed by atoms with Crippen LogP contribution >= 0.6 is 15.9 Å². The molecule has 25 heavy (non-hydrogen) atoms. The van der Waals surface area contributed by atoms with Gasteiger partial charge in [0.2, 0.25) is 5.91 Å². The lowest BCUT2D eigenvalue weighted by Gasteiger charge is -2.25. The molecule has 6 heteroatoms. The number of nitro benzene ring substituents is 1. The monoisotopic (exact) mass is 404 g/mol. The molecule has 2 rings (SSSR count). The van der Waals surface area contributed by atoms with Crippen LogP contribution in [-0.4, -0.2) is 17.4 Å². The number of nitro groups is 1.